The summed E-state index contributed by atoms with van der Waals surface area (Å²) in [5.41, 5.74) is 0.531. The van der Waals surface area contributed by atoms with Gasteiger partial charge < -0.3 is 5.32 Å². The van der Waals surface area contributed by atoms with Gasteiger partial charge in [0, 0.05) is 37.2 Å². The Morgan fingerprint density at radius 3 is 2.81 bits per heavy atom. The van der Waals surface area contributed by atoms with Crippen molar-refractivity contribution in [2.45, 2.75) is 59.4 Å². The zero-order chi connectivity index (χ0) is 15.3. The summed E-state index contributed by atoms with van der Waals surface area (Å²) >= 11 is 2.13. The lowest BCUT2D eigenvalue weighted by atomic mass is 9.69. The van der Waals surface area contributed by atoms with Crippen LogP contribution in [0.3, 0.4) is 0 Å². The fourth-order valence-corrected chi connectivity index (χ4v) is 5.26. The molecule has 1 saturated heterocycles. The van der Waals surface area contributed by atoms with Crippen molar-refractivity contribution < 1.29 is 0 Å². The van der Waals surface area contributed by atoms with Crippen LogP contribution in [-0.4, -0.2) is 48.6 Å². The lowest BCUT2D eigenvalue weighted by Gasteiger charge is -2.46. The van der Waals surface area contributed by atoms with E-state index in [1.807, 2.05) is 0 Å². The van der Waals surface area contributed by atoms with E-state index in [0.29, 0.717) is 5.41 Å². The van der Waals surface area contributed by atoms with Crippen LogP contribution in [0.15, 0.2) is 0 Å². The van der Waals surface area contributed by atoms with Crippen molar-refractivity contribution in [2.75, 3.05) is 37.7 Å². The molecule has 0 aromatic rings. The lowest BCUT2D eigenvalue weighted by molar-refractivity contribution is 0.0671. The van der Waals surface area contributed by atoms with E-state index in [-0.39, 0.29) is 0 Å². The Labute approximate surface area is 136 Å². The van der Waals surface area contributed by atoms with Gasteiger partial charge in [0.05, 0.1) is 0 Å². The van der Waals surface area contributed by atoms with Crippen molar-refractivity contribution >= 4 is 11.8 Å². The first-order chi connectivity index (χ1) is 10.0. The fraction of sp³-hybridized carbons (Fsp3) is 1.00. The predicted molar refractivity (Wildman–Crippen MR) is 96.1 cm³/mol. The number of nitrogens with one attached hydrogen (secondary N) is 1. The first-order valence-electron chi connectivity index (χ1n) is 9.03. The number of thioether (sulfide) groups is 1. The molecular formula is C18H36N2S. The maximum atomic E-state index is 3.79. The Balaban J connectivity index is 1.96. The number of hydrogen-bond donors (Lipinski definition) is 1. The molecule has 0 aromatic carbocycles. The zero-order valence-electron chi connectivity index (χ0n) is 14.7. The normalized spacial score (nSPS) is 35.3. The van der Waals surface area contributed by atoms with Crippen LogP contribution in [0.25, 0.3) is 0 Å². The average Bonchev–Trinajstić information content (AvgIpc) is 2.41. The van der Waals surface area contributed by atoms with Gasteiger partial charge >= 0.3 is 0 Å². The third kappa shape index (κ3) is 5.44. The molecule has 0 amide bonds. The molecule has 3 atom stereocenters. The summed E-state index contributed by atoms with van der Waals surface area (Å²) in [6, 6.07) is 0.767. The average molecular weight is 313 g/mol. The Bertz CT molecular complexity index is 308. The summed E-state index contributed by atoms with van der Waals surface area (Å²) in [4.78, 5) is 2.78. The first-order valence-corrected chi connectivity index (χ1v) is 10.2. The van der Waals surface area contributed by atoms with E-state index in [0.717, 1.165) is 17.9 Å². The quantitative estimate of drug-likeness (QED) is 0.801. The van der Waals surface area contributed by atoms with Crippen molar-refractivity contribution in [1.29, 1.82) is 0 Å². The van der Waals surface area contributed by atoms with Gasteiger partial charge in [-0.05, 0) is 43.6 Å². The third-order valence-electron chi connectivity index (χ3n) is 5.28. The van der Waals surface area contributed by atoms with Crippen molar-refractivity contribution in [3.63, 3.8) is 0 Å². The predicted octanol–water partition coefficient (Wildman–Crippen LogP) is 3.87. The Morgan fingerprint density at radius 2 is 2.14 bits per heavy atom. The van der Waals surface area contributed by atoms with Crippen molar-refractivity contribution in [3.8, 4) is 0 Å². The van der Waals surface area contributed by atoms with E-state index in [9.17, 15) is 0 Å². The molecule has 2 nitrogen and oxygen atoms in total. The van der Waals surface area contributed by atoms with Crippen LogP contribution < -0.4 is 5.32 Å². The van der Waals surface area contributed by atoms with Gasteiger partial charge in [0.1, 0.15) is 0 Å². The molecule has 0 aromatic heterocycles. The highest BCUT2D eigenvalue weighted by molar-refractivity contribution is 7.99. The molecule has 1 aliphatic heterocycles. The van der Waals surface area contributed by atoms with Crippen LogP contribution in [0, 0.1) is 17.3 Å². The number of hydrogen-bond acceptors (Lipinski definition) is 3. The maximum Gasteiger partial charge on any atom is 0.0158 e. The molecule has 1 heterocycles. The van der Waals surface area contributed by atoms with Gasteiger partial charge in [-0.15, -0.1) is 0 Å². The second kappa shape index (κ2) is 8.21. The lowest BCUT2D eigenvalue weighted by Crippen LogP contribution is -2.51. The van der Waals surface area contributed by atoms with Crippen LogP contribution in [0.4, 0.5) is 0 Å². The highest BCUT2D eigenvalue weighted by Crippen LogP contribution is 2.40. The molecule has 3 unspecified atom stereocenters. The van der Waals surface area contributed by atoms with Crippen LogP contribution in [0.2, 0.25) is 0 Å². The highest BCUT2D eigenvalue weighted by atomic mass is 32.2. The molecule has 0 spiro atoms. The Morgan fingerprint density at radius 1 is 1.33 bits per heavy atom. The molecule has 1 saturated carbocycles. The van der Waals surface area contributed by atoms with Crippen LogP contribution in [0.5, 0.6) is 0 Å². The van der Waals surface area contributed by atoms with Crippen LogP contribution in [-0.2, 0) is 0 Å². The van der Waals surface area contributed by atoms with E-state index in [1.165, 1.54) is 63.4 Å². The van der Waals surface area contributed by atoms with Crippen LogP contribution in [0.1, 0.15) is 53.4 Å². The van der Waals surface area contributed by atoms with Gasteiger partial charge in [0.2, 0.25) is 0 Å². The molecular weight excluding hydrogens is 276 g/mol. The summed E-state index contributed by atoms with van der Waals surface area (Å²) in [6.45, 7) is 14.5. The van der Waals surface area contributed by atoms with Crippen molar-refractivity contribution in [2.24, 2.45) is 17.3 Å². The summed E-state index contributed by atoms with van der Waals surface area (Å²) in [5.74, 6) is 4.32. The summed E-state index contributed by atoms with van der Waals surface area (Å²) in [7, 11) is 0. The minimum absolute atomic E-state index is 0.531. The third-order valence-corrected chi connectivity index (χ3v) is 6.47. The molecule has 1 aliphatic carbocycles. The molecule has 0 radical (unpaired) electrons. The van der Waals surface area contributed by atoms with E-state index in [2.05, 4.69) is 49.7 Å². The molecule has 2 rings (SSSR count). The van der Waals surface area contributed by atoms with Crippen molar-refractivity contribution in [3.05, 3.63) is 0 Å². The molecule has 124 valence electrons. The SMILES string of the molecule is CC(C)CNCC1(CN2CCSCC2C)CCCC(C)C1. The minimum atomic E-state index is 0.531. The Hall–Kier alpha value is 0.270. The van der Waals surface area contributed by atoms with Gasteiger partial charge in [0.15, 0.2) is 0 Å². The highest BCUT2D eigenvalue weighted by Gasteiger charge is 2.37. The Kier molecular flexibility index (Phi) is 6.89. The van der Waals surface area contributed by atoms with Gasteiger partial charge in [0.25, 0.3) is 0 Å². The number of rotatable bonds is 6. The van der Waals surface area contributed by atoms with E-state index < -0.39 is 0 Å². The summed E-state index contributed by atoms with van der Waals surface area (Å²) in [5, 5.41) is 3.79. The fourth-order valence-electron chi connectivity index (χ4n) is 4.18. The van der Waals surface area contributed by atoms with Gasteiger partial charge in [-0.1, -0.05) is 33.6 Å². The van der Waals surface area contributed by atoms with E-state index >= 15 is 0 Å². The second-order valence-corrected chi connectivity index (χ2v) is 9.27. The standard InChI is InChI=1S/C18H36N2S/c1-15(2)11-19-13-18(7-5-6-16(3)10-18)14-20-8-9-21-12-17(20)4/h15-17,19H,5-14H2,1-4H3. The van der Waals surface area contributed by atoms with E-state index in [1.54, 1.807) is 0 Å². The molecule has 1 N–H and O–H groups in total. The topological polar surface area (TPSA) is 15.3 Å². The molecule has 0 bridgehead atoms. The van der Waals surface area contributed by atoms with Gasteiger partial charge in [-0.2, -0.15) is 11.8 Å². The van der Waals surface area contributed by atoms with Crippen molar-refractivity contribution in [1.82, 2.24) is 10.2 Å². The minimum Gasteiger partial charge on any atom is -0.316 e. The number of nitrogens with zero attached hydrogens (tertiary/aromatic N) is 1. The second-order valence-electron chi connectivity index (χ2n) is 8.12. The summed E-state index contributed by atoms with van der Waals surface area (Å²) < 4.78 is 0. The first kappa shape index (κ1) is 17.6. The largest absolute Gasteiger partial charge is 0.316 e. The molecule has 2 aliphatic rings. The van der Waals surface area contributed by atoms with Gasteiger partial charge in [-0.3, -0.25) is 4.90 Å². The molecule has 2 fully saturated rings. The maximum absolute atomic E-state index is 3.79. The monoisotopic (exact) mass is 312 g/mol. The van der Waals surface area contributed by atoms with Crippen LogP contribution >= 0.6 is 11.8 Å². The molecule has 3 heteroatoms. The van der Waals surface area contributed by atoms with E-state index in [4.69, 9.17) is 0 Å². The smallest absolute Gasteiger partial charge is 0.0158 e. The zero-order valence-corrected chi connectivity index (χ0v) is 15.5. The molecule has 21 heavy (non-hydrogen) atoms. The van der Waals surface area contributed by atoms with Gasteiger partial charge in [-0.25, -0.2) is 0 Å². The summed E-state index contributed by atoms with van der Waals surface area (Å²) in [6.07, 6.45) is 5.73.